The van der Waals surface area contributed by atoms with Crippen molar-refractivity contribution in [1.82, 2.24) is 10.2 Å². The first-order valence-electron chi connectivity index (χ1n) is 8.77. The lowest BCUT2D eigenvalue weighted by atomic mass is 10.0. The van der Waals surface area contributed by atoms with E-state index in [1.165, 1.54) is 6.07 Å². The van der Waals surface area contributed by atoms with Crippen molar-refractivity contribution in [2.45, 2.75) is 18.6 Å². The standard InChI is InChI=1S/C20H18FN3O3/c21-17-3-1-2-16-18(8-9-26-19(16)17)23-20(25)24-11-15(12-24)27-14-6-4-13(10-22)5-7-14/h1-7,15,18H,8-9,11-12H2,(H,23,25)/t18-/m0/s1. The fraction of sp³-hybridized carbons (Fsp3) is 0.300. The molecule has 0 aromatic heterocycles. The fourth-order valence-electron chi connectivity index (χ4n) is 3.26. The predicted octanol–water partition coefficient (Wildman–Crippen LogP) is 2.99. The quantitative estimate of drug-likeness (QED) is 0.905. The number of urea groups is 1. The molecule has 1 atom stereocenters. The predicted molar refractivity (Wildman–Crippen MR) is 94.9 cm³/mol. The van der Waals surface area contributed by atoms with Crippen molar-refractivity contribution in [2.24, 2.45) is 0 Å². The Balaban J connectivity index is 1.31. The molecular formula is C20H18FN3O3. The number of hydrogen-bond donors (Lipinski definition) is 1. The average Bonchev–Trinajstić information content (AvgIpc) is 2.65. The second-order valence-corrected chi connectivity index (χ2v) is 6.58. The smallest absolute Gasteiger partial charge is 0.318 e. The Hall–Kier alpha value is -3.27. The van der Waals surface area contributed by atoms with Crippen LogP contribution in [0.1, 0.15) is 23.6 Å². The summed E-state index contributed by atoms with van der Waals surface area (Å²) >= 11 is 0. The first-order chi connectivity index (χ1) is 13.1. The molecule has 6 nitrogen and oxygen atoms in total. The van der Waals surface area contributed by atoms with Gasteiger partial charge >= 0.3 is 6.03 Å². The summed E-state index contributed by atoms with van der Waals surface area (Å²) in [6.07, 6.45) is 0.518. The van der Waals surface area contributed by atoms with Gasteiger partial charge in [0.1, 0.15) is 11.9 Å². The molecule has 0 bridgehead atoms. The van der Waals surface area contributed by atoms with E-state index in [9.17, 15) is 9.18 Å². The number of nitrogens with one attached hydrogen (secondary N) is 1. The van der Waals surface area contributed by atoms with Crippen molar-refractivity contribution in [3.8, 4) is 17.6 Å². The highest BCUT2D eigenvalue weighted by atomic mass is 19.1. The SMILES string of the molecule is N#Cc1ccc(OC2CN(C(=O)N[C@H]3CCOc4c(F)cccc43)C2)cc1. The number of halogens is 1. The topological polar surface area (TPSA) is 74.6 Å². The highest BCUT2D eigenvalue weighted by molar-refractivity contribution is 5.76. The lowest BCUT2D eigenvalue weighted by molar-refractivity contribution is 0.0428. The van der Waals surface area contributed by atoms with E-state index in [0.29, 0.717) is 43.0 Å². The molecule has 1 N–H and O–H groups in total. The highest BCUT2D eigenvalue weighted by Gasteiger charge is 2.34. The van der Waals surface area contributed by atoms with Crippen LogP contribution >= 0.6 is 0 Å². The van der Waals surface area contributed by atoms with Crippen molar-refractivity contribution < 1.29 is 18.7 Å². The van der Waals surface area contributed by atoms with Gasteiger partial charge in [-0.25, -0.2) is 9.18 Å². The molecule has 2 aromatic rings. The van der Waals surface area contributed by atoms with Gasteiger partial charge in [-0.05, 0) is 30.3 Å². The lowest BCUT2D eigenvalue weighted by Gasteiger charge is -2.40. The molecule has 2 aliphatic rings. The minimum atomic E-state index is -0.411. The molecule has 138 valence electrons. The van der Waals surface area contributed by atoms with E-state index < -0.39 is 5.82 Å². The molecule has 2 aromatic carbocycles. The average molecular weight is 367 g/mol. The maximum absolute atomic E-state index is 13.8. The lowest BCUT2D eigenvalue weighted by Crippen LogP contribution is -2.59. The van der Waals surface area contributed by atoms with Crippen LogP contribution in [0.15, 0.2) is 42.5 Å². The number of ether oxygens (including phenoxy) is 2. The summed E-state index contributed by atoms with van der Waals surface area (Å²) in [5, 5.41) is 11.8. The van der Waals surface area contributed by atoms with Gasteiger partial charge in [-0.2, -0.15) is 5.26 Å². The van der Waals surface area contributed by atoms with E-state index in [-0.39, 0.29) is 23.9 Å². The first-order valence-corrected chi connectivity index (χ1v) is 8.77. The Labute approximate surface area is 156 Å². The number of para-hydroxylation sites is 1. The molecule has 7 heteroatoms. The maximum atomic E-state index is 13.8. The zero-order valence-corrected chi connectivity index (χ0v) is 14.5. The molecule has 2 amide bonds. The third-order valence-corrected chi connectivity index (χ3v) is 4.74. The van der Waals surface area contributed by atoms with Gasteiger partial charge in [-0.3, -0.25) is 0 Å². The molecule has 0 spiro atoms. The minimum absolute atomic E-state index is 0.0805. The molecule has 0 unspecified atom stereocenters. The number of likely N-dealkylation sites (tertiary alicyclic amines) is 1. The van der Waals surface area contributed by atoms with Gasteiger partial charge < -0.3 is 19.7 Å². The summed E-state index contributed by atoms with van der Waals surface area (Å²) in [5.41, 5.74) is 1.24. The van der Waals surface area contributed by atoms with Crippen LogP contribution in [0, 0.1) is 17.1 Å². The van der Waals surface area contributed by atoms with Crippen LogP contribution in [0.2, 0.25) is 0 Å². The minimum Gasteiger partial charge on any atom is -0.490 e. The zero-order valence-electron chi connectivity index (χ0n) is 14.5. The Morgan fingerprint density at radius 3 is 2.78 bits per heavy atom. The number of hydrogen-bond acceptors (Lipinski definition) is 4. The summed E-state index contributed by atoms with van der Waals surface area (Å²) in [7, 11) is 0. The van der Waals surface area contributed by atoms with Crippen molar-refractivity contribution >= 4 is 6.03 Å². The van der Waals surface area contributed by atoms with Crippen LogP contribution in [0.5, 0.6) is 11.5 Å². The molecule has 2 aliphatic heterocycles. The zero-order chi connectivity index (χ0) is 18.8. The largest absolute Gasteiger partial charge is 0.490 e. The molecule has 0 saturated carbocycles. The first kappa shape index (κ1) is 17.2. The second kappa shape index (κ2) is 7.16. The van der Waals surface area contributed by atoms with Gasteiger partial charge in [0.25, 0.3) is 0 Å². The molecule has 0 radical (unpaired) electrons. The van der Waals surface area contributed by atoms with Crippen LogP contribution in [0.25, 0.3) is 0 Å². The number of fused-ring (bicyclic) bond motifs is 1. The van der Waals surface area contributed by atoms with E-state index in [1.807, 2.05) is 0 Å². The number of rotatable bonds is 3. The van der Waals surface area contributed by atoms with Crippen molar-refractivity contribution in [1.29, 1.82) is 5.26 Å². The molecule has 27 heavy (non-hydrogen) atoms. The van der Waals surface area contributed by atoms with Crippen LogP contribution in [0.3, 0.4) is 0 Å². The Morgan fingerprint density at radius 1 is 1.26 bits per heavy atom. The molecule has 4 rings (SSSR count). The van der Waals surface area contributed by atoms with Gasteiger partial charge in [0.05, 0.1) is 37.4 Å². The highest BCUT2D eigenvalue weighted by Crippen LogP contribution is 2.34. The van der Waals surface area contributed by atoms with Crippen LogP contribution in [-0.4, -0.2) is 36.7 Å². The normalized spacial score (nSPS) is 18.5. The van der Waals surface area contributed by atoms with Gasteiger partial charge in [0, 0.05) is 12.0 Å². The number of benzene rings is 2. The number of nitriles is 1. The molecular weight excluding hydrogens is 349 g/mol. The Morgan fingerprint density at radius 2 is 2.04 bits per heavy atom. The van der Waals surface area contributed by atoms with Gasteiger partial charge in [0.15, 0.2) is 11.6 Å². The molecule has 2 heterocycles. The van der Waals surface area contributed by atoms with Gasteiger partial charge in [0.2, 0.25) is 0 Å². The van der Waals surface area contributed by atoms with Crippen LogP contribution < -0.4 is 14.8 Å². The maximum Gasteiger partial charge on any atom is 0.318 e. The van der Waals surface area contributed by atoms with Crippen molar-refractivity contribution in [3.63, 3.8) is 0 Å². The second-order valence-electron chi connectivity index (χ2n) is 6.58. The molecule has 1 fully saturated rings. The van der Waals surface area contributed by atoms with E-state index in [0.717, 1.165) is 0 Å². The van der Waals surface area contributed by atoms with E-state index in [2.05, 4.69) is 11.4 Å². The summed E-state index contributed by atoms with van der Waals surface area (Å²) in [6.45, 7) is 1.32. The summed E-state index contributed by atoms with van der Waals surface area (Å²) in [4.78, 5) is 14.1. The third kappa shape index (κ3) is 3.51. The Bertz CT molecular complexity index is 888. The number of carbonyl (C=O) groups excluding carboxylic acids is 1. The van der Waals surface area contributed by atoms with E-state index in [1.54, 1.807) is 41.3 Å². The van der Waals surface area contributed by atoms with Gasteiger partial charge in [-0.15, -0.1) is 0 Å². The summed E-state index contributed by atoms with van der Waals surface area (Å²) in [5.74, 6) is 0.485. The van der Waals surface area contributed by atoms with Gasteiger partial charge in [-0.1, -0.05) is 12.1 Å². The number of nitrogens with zero attached hydrogens (tertiary/aromatic N) is 2. The third-order valence-electron chi connectivity index (χ3n) is 4.74. The fourth-order valence-corrected chi connectivity index (χ4v) is 3.26. The van der Waals surface area contributed by atoms with E-state index >= 15 is 0 Å². The summed E-state index contributed by atoms with van der Waals surface area (Å²) in [6, 6.07) is 13.2. The van der Waals surface area contributed by atoms with Crippen LogP contribution in [-0.2, 0) is 0 Å². The number of carbonyl (C=O) groups is 1. The van der Waals surface area contributed by atoms with Crippen molar-refractivity contribution in [2.75, 3.05) is 19.7 Å². The Kier molecular flexibility index (Phi) is 4.55. The summed E-state index contributed by atoms with van der Waals surface area (Å²) < 4.78 is 25.0. The molecule has 1 saturated heterocycles. The van der Waals surface area contributed by atoms with Crippen molar-refractivity contribution in [3.05, 3.63) is 59.4 Å². The number of amides is 2. The van der Waals surface area contributed by atoms with E-state index in [4.69, 9.17) is 14.7 Å². The van der Waals surface area contributed by atoms with Crippen LogP contribution in [0.4, 0.5) is 9.18 Å². The molecule has 0 aliphatic carbocycles. The monoisotopic (exact) mass is 367 g/mol.